The van der Waals surface area contributed by atoms with Crippen molar-refractivity contribution in [3.05, 3.63) is 30.1 Å². The molecular weight excluding hydrogens is 231 g/mol. The minimum atomic E-state index is -0.332. The Bertz CT molecular complexity index is 418. The van der Waals surface area contributed by atoms with E-state index in [2.05, 4.69) is 17.1 Å². The highest BCUT2D eigenvalue weighted by Gasteiger charge is 2.27. The maximum Gasteiger partial charge on any atom is 0.225 e. The van der Waals surface area contributed by atoms with Gasteiger partial charge in [-0.25, -0.2) is 4.39 Å². The minimum absolute atomic E-state index is 0.0558. The van der Waals surface area contributed by atoms with Crippen LogP contribution in [0.5, 0.6) is 0 Å². The third-order valence-corrected chi connectivity index (χ3v) is 3.20. The van der Waals surface area contributed by atoms with Crippen molar-refractivity contribution in [1.29, 1.82) is 0 Å². The molecule has 1 saturated carbocycles. The summed E-state index contributed by atoms with van der Waals surface area (Å²) in [5, 5.41) is 2.72. The van der Waals surface area contributed by atoms with E-state index in [1.807, 2.05) is 0 Å². The van der Waals surface area contributed by atoms with Gasteiger partial charge in [-0.3, -0.25) is 4.79 Å². The van der Waals surface area contributed by atoms with Crippen molar-refractivity contribution in [1.82, 2.24) is 4.90 Å². The summed E-state index contributed by atoms with van der Waals surface area (Å²) in [6, 6.07) is 6.65. The summed E-state index contributed by atoms with van der Waals surface area (Å²) in [5.41, 5.74) is 0.523. The number of hydrogen-bond donors (Lipinski definition) is 1. The first-order valence-electron chi connectivity index (χ1n) is 6.48. The molecule has 1 aliphatic rings. The molecule has 0 heterocycles. The average molecular weight is 250 g/mol. The summed E-state index contributed by atoms with van der Waals surface area (Å²) in [4.78, 5) is 14.1. The van der Waals surface area contributed by atoms with Gasteiger partial charge in [0, 0.05) is 24.7 Å². The minimum Gasteiger partial charge on any atom is -0.326 e. The SMILES string of the molecule is CCN(CCC(=O)Nc1cccc(F)c1)C1CC1. The maximum atomic E-state index is 12.9. The van der Waals surface area contributed by atoms with E-state index in [1.54, 1.807) is 12.1 Å². The Morgan fingerprint density at radius 3 is 2.89 bits per heavy atom. The number of carbonyl (C=O) groups excluding carboxylic acids is 1. The number of benzene rings is 1. The fourth-order valence-electron chi connectivity index (χ4n) is 2.07. The van der Waals surface area contributed by atoms with Crippen molar-refractivity contribution in [3.63, 3.8) is 0 Å². The Labute approximate surface area is 107 Å². The van der Waals surface area contributed by atoms with Crippen molar-refractivity contribution in [2.24, 2.45) is 0 Å². The first-order chi connectivity index (χ1) is 8.69. The zero-order valence-corrected chi connectivity index (χ0v) is 10.7. The molecule has 0 saturated heterocycles. The van der Waals surface area contributed by atoms with Gasteiger partial charge in [-0.1, -0.05) is 13.0 Å². The van der Waals surface area contributed by atoms with Crippen LogP contribution in [0.25, 0.3) is 0 Å². The van der Waals surface area contributed by atoms with Gasteiger partial charge in [0.2, 0.25) is 5.91 Å². The number of halogens is 1. The summed E-state index contributed by atoms with van der Waals surface area (Å²) < 4.78 is 12.9. The van der Waals surface area contributed by atoms with Crippen LogP contribution in [0.4, 0.5) is 10.1 Å². The standard InChI is InChI=1S/C14H19FN2O/c1-2-17(13-6-7-13)9-8-14(18)16-12-5-3-4-11(15)10-12/h3-5,10,13H,2,6-9H2,1H3,(H,16,18). The van der Waals surface area contributed by atoms with Crippen molar-refractivity contribution < 1.29 is 9.18 Å². The van der Waals surface area contributed by atoms with E-state index < -0.39 is 0 Å². The van der Waals surface area contributed by atoms with E-state index in [1.165, 1.54) is 25.0 Å². The van der Waals surface area contributed by atoms with E-state index in [0.29, 0.717) is 18.2 Å². The molecule has 0 aliphatic heterocycles. The van der Waals surface area contributed by atoms with Crippen LogP contribution in [0.1, 0.15) is 26.2 Å². The number of nitrogens with one attached hydrogen (secondary N) is 1. The Kier molecular flexibility index (Phi) is 4.31. The van der Waals surface area contributed by atoms with Crippen LogP contribution < -0.4 is 5.32 Å². The van der Waals surface area contributed by atoms with E-state index in [4.69, 9.17) is 0 Å². The molecule has 0 unspecified atom stereocenters. The normalized spacial score (nSPS) is 14.8. The molecule has 1 aliphatic carbocycles. The molecule has 0 atom stereocenters. The average Bonchev–Trinajstić information content (AvgIpc) is 3.14. The summed E-state index contributed by atoms with van der Waals surface area (Å²) in [6.07, 6.45) is 2.96. The third-order valence-electron chi connectivity index (χ3n) is 3.20. The van der Waals surface area contributed by atoms with Crippen molar-refractivity contribution >= 4 is 11.6 Å². The molecule has 3 nitrogen and oxygen atoms in total. The lowest BCUT2D eigenvalue weighted by Gasteiger charge is -2.19. The van der Waals surface area contributed by atoms with Gasteiger partial charge in [0.1, 0.15) is 5.82 Å². The molecule has 1 fully saturated rings. The second-order valence-electron chi connectivity index (χ2n) is 4.67. The predicted octanol–water partition coefficient (Wildman–Crippen LogP) is 2.64. The molecule has 1 amide bonds. The molecule has 4 heteroatoms. The Morgan fingerprint density at radius 1 is 1.50 bits per heavy atom. The van der Waals surface area contributed by atoms with Crippen LogP contribution >= 0.6 is 0 Å². The number of anilines is 1. The number of nitrogens with zero attached hydrogens (tertiary/aromatic N) is 1. The van der Waals surface area contributed by atoms with Crippen molar-refractivity contribution in [2.45, 2.75) is 32.2 Å². The van der Waals surface area contributed by atoms with Gasteiger partial charge in [0.05, 0.1) is 0 Å². The van der Waals surface area contributed by atoms with E-state index in [-0.39, 0.29) is 11.7 Å². The molecule has 0 spiro atoms. The van der Waals surface area contributed by atoms with Gasteiger partial charge >= 0.3 is 0 Å². The second kappa shape index (κ2) is 5.96. The van der Waals surface area contributed by atoms with Crippen LogP contribution in [0.15, 0.2) is 24.3 Å². The zero-order valence-electron chi connectivity index (χ0n) is 10.7. The predicted molar refractivity (Wildman–Crippen MR) is 69.9 cm³/mol. The quantitative estimate of drug-likeness (QED) is 0.841. The number of rotatable bonds is 6. The summed E-state index contributed by atoms with van der Waals surface area (Å²) >= 11 is 0. The lowest BCUT2D eigenvalue weighted by molar-refractivity contribution is -0.116. The zero-order chi connectivity index (χ0) is 13.0. The summed E-state index contributed by atoms with van der Waals surface area (Å²) in [7, 11) is 0. The topological polar surface area (TPSA) is 32.3 Å². The summed E-state index contributed by atoms with van der Waals surface area (Å²) in [6.45, 7) is 3.88. The number of carbonyl (C=O) groups is 1. The maximum absolute atomic E-state index is 12.9. The molecule has 18 heavy (non-hydrogen) atoms. The first-order valence-corrected chi connectivity index (χ1v) is 6.48. The van der Waals surface area contributed by atoms with Crippen molar-refractivity contribution in [3.8, 4) is 0 Å². The van der Waals surface area contributed by atoms with Gasteiger partial charge in [0.15, 0.2) is 0 Å². The fourth-order valence-corrected chi connectivity index (χ4v) is 2.07. The Balaban J connectivity index is 1.77. The van der Waals surface area contributed by atoms with Crippen molar-refractivity contribution in [2.75, 3.05) is 18.4 Å². The van der Waals surface area contributed by atoms with Gasteiger partial charge in [0.25, 0.3) is 0 Å². The highest BCUT2D eigenvalue weighted by atomic mass is 19.1. The molecule has 98 valence electrons. The Morgan fingerprint density at radius 2 is 2.28 bits per heavy atom. The highest BCUT2D eigenvalue weighted by Crippen LogP contribution is 2.26. The molecule has 0 bridgehead atoms. The lowest BCUT2D eigenvalue weighted by atomic mass is 10.3. The lowest BCUT2D eigenvalue weighted by Crippen LogP contribution is -2.29. The second-order valence-corrected chi connectivity index (χ2v) is 4.67. The third kappa shape index (κ3) is 3.81. The molecule has 1 N–H and O–H groups in total. The Hall–Kier alpha value is -1.42. The highest BCUT2D eigenvalue weighted by molar-refractivity contribution is 5.90. The van der Waals surface area contributed by atoms with Gasteiger partial charge < -0.3 is 10.2 Å². The van der Waals surface area contributed by atoms with Crippen LogP contribution in [-0.4, -0.2) is 29.9 Å². The summed E-state index contributed by atoms with van der Waals surface area (Å²) in [5.74, 6) is -0.388. The van der Waals surface area contributed by atoms with E-state index in [9.17, 15) is 9.18 Å². The van der Waals surface area contributed by atoms with Gasteiger partial charge in [-0.05, 0) is 37.6 Å². The molecule has 1 aromatic rings. The monoisotopic (exact) mass is 250 g/mol. The molecule has 2 rings (SSSR count). The number of hydrogen-bond acceptors (Lipinski definition) is 2. The molecule has 0 aromatic heterocycles. The van der Waals surface area contributed by atoms with Crippen LogP contribution in [0, 0.1) is 5.82 Å². The molecular formula is C14H19FN2O. The van der Waals surface area contributed by atoms with Crippen LogP contribution in [0.3, 0.4) is 0 Å². The largest absolute Gasteiger partial charge is 0.326 e. The fraction of sp³-hybridized carbons (Fsp3) is 0.500. The molecule has 1 aromatic carbocycles. The first kappa shape index (κ1) is 13.0. The number of amides is 1. The smallest absolute Gasteiger partial charge is 0.225 e. The van der Waals surface area contributed by atoms with E-state index in [0.717, 1.165) is 13.1 Å². The van der Waals surface area contributed by atoms with E-state index >= 15 is 0 Å². The molecule has 0 radical (unpaired) electrons. The van der Waals surface area contributed by atoms with Crippen LogP contribution in [0.2, 0.25) is 0 Å². The van der Waals surface area contributed by atoms with Gasteiger partial charge in [-0.2, -0.15) is 0 Å². The van der Waals surface area contributed by atoms with Crippen LogP contribution in [-0.2, 0) is 4.79 Å². The van der Waals surface area contributed by atoms with Gasteiger partial charge in [-0.15, -0.1) is 0 Å².